The predicted molar refractivity (Wildman–Crippen MR) is 69.5 cm³/mol. The summed E-state index contributed by atoms with van der Waals surface area (Å²) in [6, 6.07) is 4.41. The molecule has 2 aromatic rings. The SMILES string of the molecule is COc1cccc(C(=O)O)c1Oc1nccn(C)c1=O. The van der Waals surface area contributed by atoms with Gasteiger partial charge in [0.15, 0.2) is 11.5 Å². The fourth-order valence-corrected chi connectivity index (χ4v) is 1.59. The second-order valence-electron chi connectivity index (χ2n) is 3.89. The molecular formula is C13H12N2O5. The zero-order chi connectivity index (χ0) is 14.7. The summed E-state index contributed by atoms with van der Waals surface area (Å²) >= 11 is 0. The molecule has 1 N–H and O–H groups in total. The topological polar surface area (TPSA) is 90.7 Å². The molecule has 0 fully saturated rings. The highest BCUT2D eigenvalue weighted by Crippen LogP contribution is 2.33. The van der Waals surface area contributed by atoms with Crippen LogP contribution in [0.15, 0.2) is 35.4 Å². The summed E-state index contributed by atoms with van der Waals surface area (Å²) in [6.07, 6.45) is 2.85. The van der Waals surface area contributed by atoms with Crippen molar-refractivity contribution in [2.75, 3.05) is 7.11 Å². The van der Waals surface area contributed by atoms with Crippen LogP contribution in [0.4, 0.5) is 0 Å². The van der Waals surface area contributed by atoms with Gasteiger partial charge in [-0.05, 0) is 12.1 Å². The van der Waals surface area contributed by atoms with Crippen LogP contribution in [0, 0.1) is 0 Å². The third-order valence-corrected chi connectivity index (χ3v) is 2.61. The molecule has 0 bridgehead atoms. The quantitative estimate of drug-likeness (QED) is 0.904. The molecule has 0 aliphatic carbocycles. The number of para-hydroxylation sites is 1. The average molecular weight is 276 g/mol. The van der Waals surface area contributed by atoms with Gasteiger partial charge in [-0.3, -0.25) is 4.79 Å². The second kappa shape index (κ2) is 5.43. The highest BCUT2D eigenvalue weighted by atomic mass is 16.5. The Morgan fingerprint density at radius 1 is 1.40 bits per heavy atom. The number of ether oxygens (including phenoxy) is 2. The number of carboxylic acid groups (broad SMARTS) is 1. The fraction of sp³-hybridized carbons (Fsp3) is 0.154. The van der Waals surface area contributed by atoms with Gasteiger partial charge < -0.3 is 19.1 Å². The van der Waals surface area contributed by atoms with Gasteiger partial charge in [0, 0.05) is 19.4 Å². The van der Waals surface area contributed by atoms with Crippen LogP contribution in [0.25, 0.3) is 0 Å². The van der Waals surface area contributed by atoms with Crippen molar-refractivity contribution >= 4 is 5.97 Å². The molecule has 7 nitrogen and oxygen atoms in total. The van der Waals surface area contributed by atoms with E-state index in [1.807, 2.05) is 0 Å². The molecule has 0 atom stereocenters. The van der Waals surface area contributed by atoms with E-state index in [1.54, 1.807) is 0 Å². The number of methoxy groups -OCH3 is 1. The van der Waals surface area contributed by atoms with E-state index in [1.165, 1.54) is 49.3 Å². The van der Waals surface area contributed by atoms with Crippen molar-refractivity contribution in [2.24, 2.45) is 7.05 Å². The van der Waals surface area contributed by atoms with Crippen LogP contribution >= 0.6 is 0 Å². The average Bonchev–Trinajstić information content (AvgIpc) is 2.43. The van der Waals surface area contributed by atoms with Gasteiger partial charge >= 0.3 is 11.5 Å². The van der Waals surface area contributed by atoms with Crippen LogP contribution in [-0.4, -0.2) is 27.7 Å². The number of hydrogen-bond donors (Lipinski definition) is 1. The number of hydrogen-bond acceptors (Lipinski definition) is 5. The predicted octanol–water partition coefficient (Wildman–Crippen LogP) is 1.28. The molecule has 0 unspecified atom stereocenters. The first kappa shape index (κ1) is 13.6. The lowest BCUT2D eigenvalue weighted by atomic mass is 10.2. The molecule has 0 saturated heterocycles. The minimum atomic E-state index is -1.19. The van der Waals surface area contributed by atoms with Gasteiger partial charge in [0.2, 0.25) is 0 Å². The smallest absolute Gasteiger partial charge is 0.339 e. The lowest BCUT2D eigenvalue weighted by molar-refractivity contribution is 0.0693. The molecule has 0 aliphatic rings. The van der Waals surface area contributed by atoms with Crippen molar-refractivity contribution in [1.82, 2.24) is 9.55 Å². The number of aromatic carboxylic acids is 1. The minimum Gasteiger partial charge on any atom is -0.493 e. The monoisotopic (exact) mass is 276 g/mol. The Bertz CT molecular complexity index is 708. The van der Waals surface area contributed by atoms with Crippen LogP contribution in [0.3, 0.4) is 0 Å². The third-order valence-electron chi connectivity index (χ3n) is 2.61. The fourth-order valence-electron chi connectivity index (χ4n) is 1.59. The summed E-state index contributed by atoms with van der Waals surface area (Å²) in [5, 5.41) is 9.15. The Morgan fingerprint density at radius 2 is 2.15 bits per heavy atom. The lowest BCUT2D eigenvalue weighted by Crippen LogP contribution is -2.19. The van der Waals surface area contributed by atoms with Gasteiger partial charge in [-0.25, -0.2) is 9.78 Å². The van der Waals surface area contributed by atoms with Crippen molar-refractivity contribution in [3.8, 4) is 17.4 Å². The van der Waals surface area contributed by atoms with Gasteiger partial charge in [-0.15, -0.1) is 0 Å². The Balaban J connectivity index is 2.55. The first-order valence-electron chi connectivity index (χ1n) is 5.64. The second-order valence-corrected chi connectivity index (χ2v) is 3.89. The molecule has 0 saturated carbocycles. The molecule has 2 rings (SSSR count). The van der Waals surface area contributed by atoms with E-state index < -0.39 is 11.5 Å². The molecule has 0 aliphatic heterocycles. The number of rotatable bonds is 4. The normalized spacial score (nSPS) is 10.1. The maximum absolute atomic E-state index is 11.8. The Labute approximate surface area is 114 Å². The maximum atomic E-state index is 11.8. The summed E-state index contributed by atoms with van der Waals surface area (Å²) in [5.74, 6) is -1.26. The summed E-state index contributed by atoms with van der Waals surface area (Å²) in [4.78, 5) is 26.8. The Hall–Kier alpha value is -2.83. The Kier molecular flexibility index (Phi) is 3.69. The van der Waals surface area contributed by atoms with E-state index in [9.17, 15) is 9.59 Å². The largest absolute Gasteiger partial charge is 0.493 e. The summed E-state index contributed by atoms with van der Waals surface area (Å²) in [5.41, 5.74) is -0.591. The van der Waals surface area contributed by atoms with E-state index in [4.69, 9.17) is 14.6 Å². The number of aryl methyl sites for hydroxylation is 1. The lowest BCUT2D eigenvalue weighted by Gasteiger charge is -2.11. The van der Waals surface area contributed by atoms with Gasteiger partial charge in [0.1, 0.15) is 5.56 Å². The molecule has 1 aromatic heterocycles. The van der Waals surface area contributed by atoms with Gasteiger partial charge in [-0.1, -0.05) is 6.07 Å². The van der Waals surface area contributed by atoms with E-state index >= 15 is 0 Å². The molecule has 0 amide bonds. The minimum absolute atomic E-state index is 0.0571. The van der Waals surface area contributed by atoms with E-state index in [2.05, 4.69) is 4.98 Å². The van der Waals surface area contributed by atoms with Crippen molar-refractivity contribution in [2.45, 2.75) is 0 Å². The summed E-state index contributed by atoms with van der Waals surface area (Å²) in [7, 11) is 2.92. The van der Waals surface area contributed by atoms with Crippen molar-refractivity contribution < 1.29 is 19.4 Å². The van der Waals surface area contributed by atoms with Gasteiger partial charge in [-0.2, -0.15) is 0 Å². The highest BCUT2D eigenvalue weighted by Gasteiger charge is 2.19. The van der Waals surface area contributed by atoms with Crippen molar-refractivity contribution in [3.05, 3.63) is 46.5 Å². The van der Waals surface area contributed by atoms with E-state index in [-0.39, 0.29) is 22.9 Å². The van der Waals surface area contributed by atoms with Crippen LogP contribution in [0.5, 0.6) is 17.4 Å². The molecule has 0 radical (unpaired) electrons. The van der Waals surface area contributed by atoms with E-state index in [0.717, 1.165) is 0 Å². The van der Waals surface area contributed by atoms with E-state index in [0.29, 0.717) is 0 Å². The molecule has 0 spiro atoms. The number of carboxylic acids is 1. The highest BCUT2D eigenvalue weighted by molar-refractivity contribution is 5.92. The molecule has 20 heavy (non-hydrogen) atoms. The first-order chi connectivity index (χ1) is 9.54. The number of nitrogens with zero attached hydrogens (tertiary/aromatic N) is 2. The van der Waals surface area contributed by atoms with Crippen LogP contribution in [0.1, 0.15) is 10.4 Å². The van der Waals surface area contributed by atoms with Crippen molar-refractivity contribution in [1.29, 1.82) is 0 Å². The molecule has 7 heteroatoms. The van der Waals surface area contributed by atoms with Crippen LogP contribution in [-0.2, 0) is 7.05 Å². The molecule has 1 heterocycles. The maximum Gasteiger partial charge on any atom is 0.339 e. The Morgan fingerprint density at radius 3 is 2.80 bits per heavy atom. The van der Waals surface area contributed by atoms with Gasteiger partial charge in [0.05, 0.1) is 7.11 Å². The van der Waals surface area contributed by atoms with Gasteiger partial charge in [0.25, 0.3) is 5.88 Å². The number of carbonyl (C=O) groups is 1. The first-order valence-corrected chi connectivity index (χ1v) is 5.64. The van der Waals surface area contributed by atoms with Crippen molar-refractivity contribution in [3.63, 3.8) is 0 Å². The number of aromatic nitrogens is 2. The molecular weight excluding hydrogens is 264 g/mol. The third kappa shape index (κ3) is 2.46. The molecule has 1 aromatic carbocycles. The van der Waals surface area contributed by atoms with Crippen LogP contribution in [0.2, 0.25) is 0 Å². The summed E-state index contributed by atoms with van der Waals surface area (Å²) in [6.45, 7) is 0. The summed E-state index contributed by atoms with van der Waals surface area (Å²) < 4.78 is 11.7. The zero-order valence-corrected chi connectivity index (χ0v) is 10.9. The number of benzene rings is 1. The van der Waals surface area contributed by atoms with Crippen LogP contribution < -0.4 is 15.0 Å². The molecule has 104 valence electrons. The zero-order valence-electron chi connectivity index (χ0n) is 10.9. The standard InChI is InChI=1S/C13H12N2O5/c1-15-7-6-14-11(12(15)16)20-10-8(13(17)18)4-3-5-9(10)19-2/h3-7H,1-2H3,(H,17,18).